The van der Waals surface area contributed by atoms with Gasteiger partial charge < -0.3 is 15.2 Å². The maximum Gasteiger partial charge on any atom is 0.268 e. The molecule has 0 unspecified atom stereocenters. The SMILES string of the molecule is COc1ccc(-c2ccc(C(=O)N[C@H](C(=O)NO)[C@@H](C)O)cc2)cc1CN=O. The Hall–Kier alpha value is -3.30. The van der Waals surface area contributed by atoms with Crippen LogP contribution in [-0.4, -0.2) is 41.4 Å². The van der Waals surface area contributed by atoms with Crippen molar-refractivity contribution in [3.05, 3.63) is 58.5 Å². The Kier molecular flexibility index (Phi) is 7.19. The summed E-state index contributed by atoms with van der Waals surface area (Å²) in [6.07, 6.45) is -1.19. The van der Waals surface area contributed by atoms with Gasteiger partial charge in [0.05, 0.1) is 13.2 Å². The third kappa shape index (κ3) is 4.90. The molecule has 2 atom stereocenters. The monoisotopic (exact) mass is 387 g/mol. The molecule has 0 spiro atoms. The van der Waals surface area contributed by atoms with Crippen molar-refractivity contribution in [1.29, 1.82) is 0 Å². The number of methoxy groups -OCH3 is 1. The lowest BCUT2D eigenvalue weighted by Crippen LogP contribution is -2.51. The molecule has 0 aliphatic heterocycles. The number of aliphatic hydroxyl groups is 1. The van der Waals surface area contributed by atoms with Gasteiger partial charge in [-0.1, -0.05) is 23.4 Å². The van der Waals surface area contributed by atoms with Crippen molar-refractivity contribution < 1.29 is 24.6 Å². The number of hydroxylamine groups is 1. The highest BCUT2D eigenvalue weighted by molar-refractivity contribution is 5.97. The number of carbonyl (C=O) groups is 2. The molecule has 9 heteroatoms. The van der Waals surface area contributed by atoms with Gasteiger partial charge in [0.25, 0.3) is 11.8 Å². The van der Waals surface area contributed by atoms with E-state index < -0.39 is 24.0 Å². The highest BCUT2D eigenvalue weighted by Crippen LogP contribution is 2.27. The number of benzene rings is 2. The molecule has 9 nitrogen and oxygen atoms in total. The lowest BCUT2D eigenvalue weighted by Gasteiger charge is -2.19. The average molecular weight is 387 g/mol. The van der Waals surface area contributed by atoms with Crippen LogP contribution in [0.5, 0.6) is 5.75 Å². The topological polar surface area (TPSA) is 137 Å². The minimum atomic E-state index is -1.29. The van der Waals surface area contributed by atoms with Gasteiger partial charge >= 0.3 is 0 Å². The summed E-state index contributed by atoms with van der Waals surface area (Å²) in [4.78, 5) is 34.4. The quantitative estimate of drug-likeness (QED) is 0.308. The Morgan fingerprint density at radius 3 is 2.32 bits per heavy atom. The molecule has 2 aromatic rings. The zero-order valence-electron chi connectivity index (χ0n) is 15.4. The number of nitrogens with zero attached hydrogens (tertiary/aromatic N) is 1. The van der Waals surface area contributed by atoms with E-state index in [1.54, 1.807) is 36.4 Å². The molecule has 0 aliphatic rings. The first-order chi connectivity index (χ1) is 13.4. The Morgan fingerprint density at radius 2 is 1.79 bits per heavy atom. The molecule has 0 fully saturated rings. The zero-order chi connectivity index (χ0) is 20.7. The molecule has 2 amide bonds. The molecule has 0 bridgehead atoms. The summed E-state index contributed by atoms with van der Waals surface area (Å²) >= 11 is 0. The van der Waals surface area contributed by atoms with E-state index in [0.717, 1.165) is 11.1 Å². The van der Waals surface area contributed by atoms with Gasteiger partial charge in [-0.05, 0) is 42.3 Å². The van der Waals surface area contributed by atoms with Crippen molar-refractivity contribution >= 4 is 11.8 Å². The number of nitroso groups, excluding NO2 is 1. The molecule has 0 radical (unpaired) electrons. The lowest BCUT2D eigenvalue weighted by atomic mass is 10.0. The molecule has 2 aromatic carbocycles. The van der Waals surface area contributed by atoms with Crippen molar-refractivity contribution in [1.82, 2.24) is 10.8 Å². The minimum absolute atomic E-state index is 0.0227. The molecule has 0 aromatic heterocycles. The Labute approximate surface area is 161 Å². The van der Waals surface area contributed by atoms with Crippen LogP contribution in [0.4, 0.5) is 0 Å². The molecule has 148 valence electrons. The fraction of sp³-hybridized carbons (Fsp3) is 0.263. The number of rotatable bonds is 8. The molecule has 2 rings (SSSR count). The maximum atomic E-state index is 12.3. The van der Waals surface area contributed by atoms with Crippen LogP contribution >= 0.6 is 0 Å². The second-order valence-electron chi connectivity index (χ2n) is 6.06. The van der Waals surface area contributed by atoms with Crippen LogP contribution in [-0.2, 0) is 11.3 Å². The smallest absolute Gasteiger partial charge is 0.268 e. The van der Waals surface area contributed by atoms with Gasteiger partial charge in [0.2, 0.25) is 0 Å². The van der Waals surface area contributed by atoms with Gasteiger partial charge in [0, 0.05) is 11.1 Å². The number of carbonyl (C=O) groups excluding carboxylic acids is 2. The van der Waals surface area contributed by atoms with E-state index >= 15 is 0 Å². The van der Waals surface area contributed by atoms with Gasteiger partial charge in [0.15, 0.2) is 0 Å². The number of hydrogen-bond acceptors (Lipinski definition) is 7. The zero-order valence-corrected chi connectivity index (χ0v) is 15.4. The van der Waals surface area contributed by atoms with Crippen molar-refractivity contribution in [3.63, 3.8) is 0 Å². The van der Waals surface area contributed by atoms with Crippen molar-refractivity contribution in [3.8, 4) is 16.9 Å². The van der Waals surface area contributed by atoms with Gasteiger partial charge in [0.1, 0.15) is 18.3 Å². The lowest BCUT2D eigenvalue weighted by molar-refractivity contribution is -0.133. The number of aliphatic hydroxyl groups excluding tert-OH is 1. The summed E-state index contributed by atoms with van der Waals surface area (Å²) in [5.74, 6) is -0.943. The number of ether oxygens (including phenoxy) is 1. The van der Waals surface area contributed by atoms with Gasteiger partial charge in [-0.25, -0.2) is 5.48 Å². The summed E-state index contributed by atoms with van der Waals surface area (Å²) in [6, 6.07) is 10.6. The first kappa shape index (κ1) is 21.0. The summed E-state index contributed by atoms with van der Waals surface area (Å²) in [5.41, 5.74) is 3.93. The molecular weight excluding hydrogens is 366 g/mol. The van der Waals surface area contributed by atoms with Crippen LogP contribution in [0.2, 0.25) is 0 Å². The van der Waals surface area contributed by atoms with E-state index in [0.29, 0.717) is 11.3 Å². The number of nitrogens with one attached hydrogen (secondary N) is 2. The normalized spacial score (nSPS) is 12.6. The highest BCUT2D eigenvalue weighted by atomic mass is 16.5. The van der Waals surface area contributed by atoms with Crippen LogP contribution in [0.15, 0.2) is 47.6 Å². The second kappa shape index (κ2) is 9.58. The first-order valence-electron chi connectivity index (χ1n) is 8.40. The summed E-state index contributed by atoms with van der Waals surface area (Å²) in [5, 5.41) is 23.5. The fourth-order valence-corrected chi connectivity index (χ4v) is 2.66. The standard InChI is InChI=1S/C19H21N3O6/c1-11(23)17(19(25)22-27)21-18(24)13-5-3-12(4-6-13)14-7-8-16(28-2)15(9-14)10-20-26/h3-9,11,17,23,27H,10H2,1-2H3,(H,21,24)(H,22,25)/t11-,17+/m1/s1. The minimum Gasteiger partial charge on any atom is -0.496 e. The van der Waals surface area contributed by atoms with Crippen LogP contribution in [0.25, 0.3) is 11.1 Å². The van der Waals surface area contributed by atoms with E-state index in [9.17, 15) is 19.6 Å². The van der Waals surface area contributed by atoms with E-state index in [-0.39, 0.29) is 12.1 Å². The Bertz CT molecular complexity index is 851. The molecule has 4 N–H and O–H groups in total. The highest BCUT2D eigenvalue weighted by Gasteiger charge is 2.25. The third-order valence-electron chi connectivity index (χ3n) is 4.16. The second-order valence-corrected chi connectivity index (χ2v) is 6.06. The molecule has 0 saturated carbocycles. The van der Waals surface area contributed by atoms with Gasteiger partial charge in [-0.2, -0.15) is 4.91 Å². The van der Waals surface area contributed by atoms with Gasteiger partial charge in [-0.3, -0.25) is 14.8 Å². The van der Waals surface area contributed by atoms with Gasteiger partial charge in [-0.15, -0.1) is 0 Å². The maximum absolute atomic E-state index is 12.3. The van der Waals surface area contributed by atoms with E-state index in [4.69, 9.17) is 9.94 Å². The molecule has 0 aliphatic carbocycles. The van der Waals surface area contributed by atoms with Crippen molar-refractivity contribution in [2.45, 2.75) is 25.6 Å². The largest absolute Gasteiger partial charge is 0.496 e. The molecule has 0 heterocycles. The number of amides is 2. The van der Waals surface area contributed by atoms with Crippen LogP contribution in [0.1, 0.15) is 22.8 Å². The van der Waals surface area contributed by atoms with Crippen molar-refractivity contribution in [2.24, 2.45) is 5.18 Å². The number of hydrogen-bond donors (Lipinski definition) is 4. The molecular formula is C19H21N3O6. The Balaban J connectivity index is 2.21. The third-order valence-corrected chi connectivity index (χ3v) is 4.16. The predicted octanol–water partition coefficient (Wildman–Crippen LogP) is 1.61. The van der Waals surface area contributed by atoms with E-state index in [1.165, 1.54) is 19.5 Å². The van der Waals surface area contributed by atoms with E-state index in [1.807, 2.05) is 6.07 Å². The first-order valence-corrected chi connectivity index (χ1v) is 8.40. The summed E-state index contributed by atoms with van der Waals surface area (Å²) < 4.78 is 5.20. The van der Waals surface area contributed by atoms with Crippen LogP contribution in [0, 0.1) is 4.91 Å². The Morgan fingerprint density at radius 1 is 1.14 bits per heavy atom. The van der Waals surface area contributed by atoms with Crippen LogP contribution < -0.4 is 15.5 Å². The summed E-state index contributed by atoms with van der Waals surface area (Å²) in [7, 11) is 1.51. The molecule has 0 saturated heterocycles. The fourth-order valence-electron chi connectivity index (χ4n) is 2.66. The average Bonchev–Trinajstić information content (AvgIpc) is 2.71. The molecule has 28 heavy (non-hydrogen) atoms. The van der Waals surface area contributed by atoms with E-state index in [2.05, 4.69) is 10.5 Å². The predicted molar refractivity (Wildman–Crippen MR) is 101 cm³/mol. The van der Waals surface area contributed by atoms with Crippen molar-refractivity contribution in [2.75, 3.05) is 7.11 Å². The summed E-state index contributed by atoms with van der Waals surface area (Å²) in [6.45, 7) is 1.30. The van der Waals surface area contributed by atoms with Crippen LogP contribution in [0.3, 0.4) is 0 Å².